The Morgan fingerprint density at radius 3 is 2.86 bits per heavy atom. The Morgan fingerprint density at radius 2 is 1.97 bits per heavy atom. The Labute approximate surface area is 215 Å². The van der Waals surface area contributed by atoms with Gasteiger partial charge in [-0.05, 0) is 49.7 Å². The van der Waals surface area contributed by atoms with Crippen molar-refractivity contribution in [1.82, 2.24) is 9.88 Å². The summed E-state index contributed by atoms with van der Waals surface area (Å²) in [5, 5.41) is 3.80. The van der Waals surface area contributed by atoms with E-state index in [1.807, 2.05) is 49.4 Å². The molecule has 1 saturated heterocycles. The molecule has 3 aliphatic rings. The lowest BCUT2D eigenvalue weighted by Gasteiger charge is -2.30. The van der Waals surface area contributed by atoms with Gasteiger partial charge in [0.15, 0.2) is 18.1 Å². The molecule has 0 spiro atoms. The van der Waals surface area contributed by atoms with Crippen LogP contribution >= 0.6 is 24.8 Å². The average Bonchev–Trinajstić information content (AvgIpc) is 3.25. The molecule has 0 aliphatic carbocycles. The number of fused-ring (bicyclic) bond motifs is 4. The molecule has 0 unspecified atom stereocenters. The van der Waals surface area contributed by atoms with Gasteiger partial charge < -0.3 is 24.3 Å². The van der Waals surface area contributed by atoms with Crippen molar-refractivity contribution >= 4 is 47.3 Å². The van der Waals surface area contributed by atoms with Gasteiger partial charge in [-0.1, -0.05) is 0 Å². The third kappa shape index (κ3) is 5.19. The molecule has 1 amide bonds. The lowest BCUT2D eigenvalue weighted by molar-refractivity contribution is -0.118. The number of anilines is 1. The molecule has 0 radical (unpaired) electrons. The third-order valence-electron chi connectivity index (χ3n) is 6.21. The minimum atomic E-state index is -0.151. The number of hydrogen-bond donors (Lipinski definition) is 1. The highest BCUT2D eigenvalue weighted by molar-refractivity contribution is 5.95. The maximum Gasteiger partial charge on any atom is 0.262 e. The number of carbonyl (C=O) groups is 1. The van der Waals surface area contributed by atoms with Crippen LogP contribution in [0.25, 0.3) is 10.9 Å². The number of carbonyl (C=O) groups excluding carboxylic acids is 1. The summed E-state index contributed by atoms with van der Waals surface area (Å²) in [6, 6.07) is 13.5. The van der Waals surface area contributed by atoms with Crippen LogP contribution in [-0.4, -0.2) is 60.8 Å². The van der Waals surface area contributed by atoms with E-state index in [9.17, 15) is 4.79 Å². The van der Waals surface area contributed by atoms with Gasteiger partial charge in [-0.3, -0.25) is 14.7 Å². The molecule has 2 aromatic carbocycles. The largest absolute Gasteiger partial charge is 0.489 e. The zero-order chi connectivity index (χ0) is 22.4. The summed E-state index contributed by atoms with van der Waals surface area (Å²) in [6.45, 7) is 5.06. The van der Waals surface area contributed by atoms with Crippen LogP contribution in [-0.2, 0) is 4.79 Å². The molecule has 1 aromatic heterocycles. The predicted octanol–water partition coefficient (Wildman–Crippen LogP) is 4.01. The molecular weight excluding hydrogens is 493 g/mol. The maximum absolute atomic E-state index is 11.6. The number of nitrogens with one attached hydrogen (secondary N) is 1. The van der Waals surface area contributed by atoms with Crippen molar-refractivity contribution in [3.8, 4) is 23.0 Å². The monoisotopic (exact) mass is 519 g/mol. The molecule has 35 heavy (non-hydrogen) atoms. The van der Waals surface area contributed by atoms with E-state index < -0.39 is 0 Å². The lowest BCUT2D eigenvalue weighted by Crippen LogP contribution is -2.40. The highest BCUT2D eigenvalue weighted by Gasteiger charge is 2.30. The fraction of sp³-hybridized carbons (Fsp3) is 0.360. The molecule has 0 bridgehead atoms. The highest BCUT2D eigenvalue weighted by atomic mass is 35.5. The van der Waals surface area contributed by atoms with E-state index in [1.54, 1.807) is 0 Å². The van der Waals surface area contributed by atoms with Crippen molar-refractivity contribution in [2.75, 3.05) is 38.2 Å². The van der Waals surface area contributed by atoms with Gasteiger partial charge in [0.2, 0.25) is 0 Å². The summed E-state index contributed by atoms with van der Waals surface area (Å²) < 4.78 is 24.0. The smallest absolute Gasteiger partial charge is 0.262 e. The normalized spacial score (nSPS) is 20.7. The second-order valence-electron chi connectivity index (χ2n) is 8.75. The number of aromatic nitrogens is 1. The van der Waals surface area contributed by atoms with Gasteiger partial charge in [0.05, 0.1) is 11.2 Å². The molecule has 6 rings (SSSR count). The van der Waals surface area contributed by atoms with E-state index in [0.29, 0.717) is 18.0 Å². The first-order valence-corrected chi connectivity index (χ1v) is 11.3. The van der Waals surface area contributed by atoms with Gasteiger partial charge in [0.1, 0.15) is 30.3 Å². The minimum Gasteiger partial charge on any atom is -0.489 e. The number of rotatable bonds is 4. The molecule has 1 N–H and O–H groups in total. The molecule has 8 nitrogen and oxygen atoms in total. The molecule has 3 aliphatic heterocycles. The summed E-state index contributed by atoms with van der Waals surface area (Å²) in [5.41, 5.74) is 2.55. The second kappa shape index (κ2) is 10.4. The summed E-state index contributed by atoms with van der Waals surface area (Å²) in [5.74, 6) is 2.80. The number of halogens is 2. The molecule has 1 fully saturated rings. The zero-order valence-corrected chi connectivity index (χ0v) is 20.8. The predicted molar refractivity (Wildman–Crippen MR) is 137 cm³/mol. The third-order valence-corrected chi connectivity index (χ3v) is 6.21. The van der Waals surface area contributed by atoms with Crippen molar-refractivity contribution in [2.24, 2.45) is 0 Å². The van der Waals surface area contributed by atoms with E-state index in [1.165, 1.54) is 0 Å². The summed E-state index contributed by atoms with van der Waals surface area (Å²) in [6.07, 6.45) is 0.947. The number of ether oxygens (including phenoxy) is 4. The summed E-state index contributed by atoms with van der Waals surface area (Å²) >= 11 is 0. The molecule has 2 atom stereocenters. The van der Waals surface area contributed by atoms with Crippen LogP contribution in [0.4, 0.5) is 5.69 Å². The van der Waals surface area contributed by atoms with Gasteiger partial charge in [-0.2, -0.15) is 0 Å². The van der Waals surface area contributed by atoms with Gasteiger partial charge in [-0.15, -0.1) is 24.8 Å². The number of benzene rings is 2. The first-order valence-electron chi connectivity index (χ1n) is 11.3. The van der Waals surface area contributed by atoms with E-state index in [4.69, 9.17) is 18.9 Å². The van der Waals surface area contributed by atoms with Crippen LogP contribution in [0.5, 0.6) is 23.0 Å². The van der Waals surface area contributed by atoms with Crippen LogP contribution in [0, 0.1) is 6.92 Å². The maximum atomic E-state index is 11.6. The van der Waals surface area contributed by atoms with Gasteiger partial charge >= 0.3 is 0 Å². The fourth-order valence-electron chi connectivity index (χ4n) is 4.64. The number of pyridine rings is 1. The number of aryl methyl sites for hydroxylation is 1. The first kappa shape index (κ1) is 25.2. The van der Waals surface area contributed by atoms with E-state index >= 15 is 0 Å². The molecule has 10 heteroatoms. The minimum absolute atomic E-state index is 0. The zero-order valence-electron chi connectivity index (χ0n) is 19.2. The molecule has 3 aromatic rings. The van der Waals surface area contributed by atoms with Crippen molar-refractivity contribution in [2.45, 2.75) is 25.6 Å². The second-order valence-corrected chi connectivity index (χ2v) is 8.75. The summed E-state index contributed by atoms with van der Waals surface area (Å²) in [4.78, 5) is 18.5. The number of hydrogen-bond acceptors (Lipinski definition) is 7. The van der Waals surface area contributed by atoms with Crippen molar-refractivity contribution < 1.29 is 23.7 Å². The van der Waals surface area contributed by atoms with Crippen LogP contribution < -0.4 is 24.3 Å². The molecule has 4 heterocycles. The van der Waals surface area contributed by atoms with E-state index in [0.717, 1.165) is 59.9 Å². The Morgan fingerprint density at radius 1 is 1.11 bits per heavy atom. The van der Waals surface area contributed by atoms with Gasteiger partial charge in [0, 0.05) is 36.8 Å². The van der Waals surface area contributed by atoms with Crippen molar-refractivity contribution in [1.29, 1.82) is 0 Å². The molecule has 0 saturated carbocycles. The number of nitrogens with zero attached hydrogens (tertiary/aromatic N) is 2. The average molecular weight is 520 g/mol. The van der Waals surface area contributed by atoms with E-state index in [-0.39, 0.29) is 49.5 Å². The topological polar surface area (TPSA) is 82.2 Å². The molecule has 186 valence electrons. The number of amides is 1. The lowest BCUT2D eigenvalue weighted by atomic mass is 10.1. The first-order chi connectivity index (χ1) is 16.1. The highest BCUT2D eigenvalue weighted by Crippen LogP contribution is 2.38. The fourth-order valence-corrected chi connectivity index (χ4v) is 4.64. The van der Waals surface area contributed by atoms with Crippen LogP contribution in [0.2, 0.25) is 0 Å². The van der Waals surface area contributed by atoms with Gasteiger partial charge in [0.25, 0.3) is 5.91 Å². The molecular formula is C25H27Cl2N3O5. The van der Waals surface area contributed by atoms with Crippen LogP contribution in [0.1, 0.15) is 12.1 Å². The number of likely N-dealkylation sites (tertiary alicyclic amines) is 1. The Kier molecular flexibility index (Phi) is 7.44. The standard InChI is InChI=1S/C25H25N3O5.2ClH/c1-15-2-4-19-20(26-15)5-7-23-25(19)33-18(13-30-23)12-28-9-8-17(11-28)32-16-3-6-22-21(10-16)27-24(29)14-31-22;;/h2-7,10,17-18H,8-9,11-14H2,1H3,(H,27,29);2*1H/t17-,18+;;/m1../s1. The van der Waals surface area contributed by atoms with Crippen molar-refractivity contribution in [3.63, 3.8) is 0 Å². The van der Waals surface area contributed by atoms with Crippen molar-refractivity contribution in [3.05, 3.63) is 48.2 Å². The summed E-state index contributed by atoms with van der Waals surface area (Å²) in [7, 11) is 0. The Hall–Kier alpha value is -2.94. The Bertz CT molecular complexity index is 1240. The van der Waals surface area contributed by atoms with E-state index in [2.05, 4.69) is 15.2 Å². The quantitative estimate of drug-likeness (QED) is 0.557. The SMILES string of the molecule is Cc1ccc2c3c(ccc2n1)OC[C@H](CN1CC[C@@H](Oc2ccc4c(c2)NC(=O)CO4)C1)O3.Cl.Cl. The van der Waals surface area contributed by atoms with Crippen LogP contribution in [0.15, 0.2) is 42.5 Å². The van der Waals surface area contributed by atoms with Gasteiger partial charge in [-0.25, -0.2) is 0 Å². The Balaban J connectivity index is 0.00000144. The van der Waals surface area contributed by atoms with Crippen LogP contribution in [0.3, 0.4) is 0 Å².